The van der Waals surface area contributed by atoms with Gasteiger partial charge in [0, 0.05) is 42.9 Å². The van der Waals surface area contributed by atoms with Crippen molar-refractivity contribution in [1.82, 2.24) is 31.3 Å². The van der Waals surface area contributed by atoms with Crippen LogP contribution in [-0.2, 0) is 30.4 Å². The summed E-state index contributed by atoms with van der Waals surface area (Å²) in [6.45, 7) is 17.8. The molecule has 5 N–H and O–H groups in total. The fourth-order valence-electron chi connectivity index (χ4n) is 4.93. The Balaban J connectivity index is 3.02. The average Bonchev–Trinajstić information content (AvgIpc) is 3.39. The minimum Gasteiger partial charge on any atom is -0.391 e. The molecule has 0 saturated heterocycles. The van der Waals surface area contributed by atoms with E-state index in [1.807, 2.05) is 60.8 Å². The van der Waals surface area contributed by atoms with Crippen molar-refractivity contribution in [3.8, 4) is 0 Å². The number of aromatic nitrogens is 1. The van der Waals surface area contributed by atoms with Crippen LogP contribution in [0.4, 0.5) is 0 Å². The van der Waals surface area contributed by atoms with Crippen molar-refractivity contribution in [3.05, 3.63) is 16.1 Å². The van der Waals surface area contributed by atoms with Gasteiger partial charge in [-0.25, -0.2) is 4.98 Å². The maximum Gasteiger partial charge on any atom is 0.244 e. The Morgan fingerprint density at radius 2 is 1.59 bits per heavy atom. The van der Waals surface area contributed by atoms with Crippen molar-refractivity contribution >= 4 is 35.0 Å². The summed E-state index contributed by atoms with van der Waals surface area (Å²) in [6.07, 6.45) is 0.524. The maximum absolute atomic E-state index is 13.7. The molecular formula is C33H60N6O6S. The fraction of sp³-hybridized carbons (Fsp3) is 0.788. The molecule has 1 rings (SSSR count). The molecule has 0 radical (unpaired) electrons. The Hall–Kier alpha value is -2.61. The molecule has 6 atom stereocenters. The second kappa shape index (κ2) is 20.6. The van der Waals surface area contributed by atoms with E-state index in [2.05, 4.69) is 26.3 Å². The van der Waals surface area contributed by atoms with E-state index in [4.69, 9.17) is 4.84 Å². The molecule has 0 saturated carbocycles. The van der Waals surface area contributed by atoms with E-state index in [1.54, 1.807) is 14.0 Å². The lowest BCUT2D eigenvalue weighted by atomic mass is 9.91. The monoisotopic (exact) mass is 668 g/mol. The third-order valence-corrected chi connectivity index (χ3v) is 8.82. The third kappa shape index (κ3) is 14.9. The number of hydrogen-bond acceptors (Lipinski definition) is 9. The van der Waals surface area contributed by atoms with Gasteiger partial charge in [0.2, 0.25) is 23.6 Å². The van der Waals surface area contributed by atoms with E-state index in [0.717, 1.165) is 10.7 Å². The highest BCUT2D eigenvalue weighted by Gasteiger charge is 2.33. The molecule has 13 heteroatoms. The zero-order valence-corrected chi connectivity index (χ0v) is 30.6. The van der Waals surface area contributed by atoms with E-state index in [0.29, 0.717) is 25.8 Å². The summed E-state index contributed by atoms with van der Waals surface area (Å²) >= 11 is 1.51. The van der Waals surface area contributed by atoms with E-state index in [1.165, 1.54) is 23.5 Å². The van der Waals surface area contributed by atoms with Crippen molar-refractivity contribution < 1.29 is 29.1 Å². The molecule has 0 fully saturated rings. The lowest BCUT2D eigenvalue weighted by molar-refractivity contribution is -0.141. The van der Waals surface area contributed by atoms with Crippen LogP contribution in [0.15, 0.2) is 5.38 Å². The van der Waals surface area contributed by atoms with E-state index >= 15 is 0 Å². The van der Waals surface area contributed by atoms with Gasteiger partial charge in [-0.05, 0) is 43.9 Å². The Labute approximate surface area is 280 Å². The van der Waals surface area contributed by atoms with Gasteiger partial charge in [-0.15, -0.1) is 11.3 Å². The second-order valence-electron chi connectivity index (χ2n) is 13.6. The standard InChI is InChI=1S/C33H60N6O6S/c1-12-24(15-28-35-23(9)18-46-28)31(42)37-26(17-39(10)45-11)32(43)36-25(13-19(2)3)27(40)14-22(8)30(41)38-29(21(6)7)33(44)34-16-20(4)5/h18-22,24-27,29,40H,12-17H2,1-11H3,(H,34,44)(H,36,43)(H,37,42)(H,38,41). The molecule has 12 nitrogen and oxygen atoms in total. The zero-order chi connectivity index (χ0) is 35.1. The number of aryl methyl sites for hydroxylation is 1. The van der Waals surface area contributed by atoms with Crippen molar-refractivity contribution in [3.63, 3.8) is 0 Å². The highest BCUT2D eigenvalue weighted by Crippen LogP contribution is 2.19. The van der Waals surface area contributed by atoms with E-state index in [9.17, 15) is 24.3 Å². The smallest absolute Gasteiger partial charge is 0.244 e. The van der Waals surface area contributed by atoms with Crippen LogP contribution in [0.3, 0.4) is 0 Å². The van der Waals surface area contributed by atoms with Crippen molar-refractivity contribution in [1.29, 1.82) is 0 Å². The zero-order valence-electron chi connectivity index (χ0n) is 29.8. The highest BCUT2D eigenvalue weighted by atomic mass is 32.1. The number of hydrogen-bond donors (Lipinski definition) is 5. The first-order valence-corrected chi connectivity index (χ1v) is 17.4. The SMILES string of the molecule is CCC(Cc1nc(C)cs1)C(=O)NC(CN(C)OC)C(=O)NC(CC(C)C)C(O)CC(C)C(=O)NC(C(=O)NCC(C)C)C(C)C. The molecule has 0 aliphatic rings. The summed E-state index contributed by atoms with van der Waals surface area (Å²) in [5, 5.41) is 27.1. The Morgan fingerprint density at radius 3 is 2.09 bits per heavy atom. The quantitative estimate of drug-likeness (QED) is 0.125. The lowest BCUT2D eigenvalue weighted by Gasteiger charge is -2.31. The minimum atomic E-state index is -1.05. The number of aliphatic hydroxyl groups excluding tert-OH is 1. The van der Waals surface area contributed by atoms with Crippen molar-refractivity contribution in [2.45, 2.75) is 112 Å². The lowest BCUT2D eigenvalue weighted by Crippen LogP contribution is -2.57. The van der Waals surface area contributed by atoms with Crippen LogP contribution in [0.1, 0.15) is 85.4 Å². The number of nitrogens with one attached hydrogen (secondary N) is 4. The Bertz CT molecular complexity index is 1100. The second-order valence-corrected chi connectivity index (χ2v) is 14.5. The van der Waals surface area contributed by atoms with E-state index < -0.39 is 36.1 Å². The summed E-state index contributed by atoms with van der Waals surface area (Å²) in [4.78, 5) is 62.7. The van der Waals surface area contributed by atoms with Gasteiger partial charge in [0.15, 0.2) is 0 Å². The summed E-state index contributed by atoms with van der Waals surface area (Å²) in [5.41, 5.74) is 0.905. The van der Waals surface area contributed by atoms with Crippen molar-refractivity contribution in [2.75, 3.05) is 27.2 Å². The molecular weight excluding hydrogens is 608 g/mol. The van der Waals surface area contributed by atoms with Gasteiger partial charge >= 0.3 is 0 Å². The third-order valence-electron chi connectivity index (χ3n) is 7.83. The van der Waals surface area contributed by atoms with Gasteiger partial charge in [-0.2, -0.15) is 5.06 Å². The molecule has 6 unspecified atom stereocenters. The van der Waals surface area contributed by atoms with Crippen LogP contribution in [0.5, 0.6) is 0 Å². The summed E-state index contributed by atoms with van der Waals surface area (Å²) < 4.78 is 0. The van der Waals surface area contributed by atoms with Crippen LogP contribution < -0.4 is 21.3 Å². The number of carbonyl (C=O) groups excluding carboxylic acids is 4. The fourth-order valence-corrected chi connectivity index (χ4v) is 5.78. The minimum absolute atomic E-state index is 0.0715. The molecule has 1 heterocycles. The molecule has 0 aliphatic carbocycles. The normalized spacial score (nSPS) is 15.7. The highest BCUT2D eigenvalue weighted by molar-refractivity contribution is 7.09. The number of likely N-dealkylation sites (N-methyl/N-ethyl adjacent to an activating group) is 1. The number of hydroxylamine groups is 2. The topological polar surface area (TPSA) is 162 Å². The first-order chi connectivity index (χ1) is 21.5. The first-order valence-electron chi connectivity index (χ1n) is 16.5. The van der Waals surface area contributed by atoms with Gasteiger partial charge in [-0.3, -0.25) is 19.2 Å². The van der Waals surface area contributed by atoms with Crippen LogP contribution >= 0.6 is 11.3 Å². The molecule has 0 aromatic carbocycles. The molecule has 0 spiro atoms. The van der Waals surface area contributed by atoms with Crippen molar-refractivity contribution in [2.24, 2.45) is 29.6 Å². The Morgan fingerprint density at radius 1 is 0.935 bits per heavy atom. The van der Waals surface area contributed by atoms with Gasteiger partial charge in [-0.1, -0.05) is 55.4 Å². The molecule has 1 aromatic rings. The molecule has 0 aliphatic heterocycles. The van der Waals surface area contributed by atoms with E-state index in [-0.39, 0.29) is 54.4 Å². The van der Waals surface area contributed by atoms with Crippen LogP contribution in [0.25, 0.3) is 0 Å². The maximum atomic E-state index is 13.7. The van der Waals surface area contributed by atoms with Gasteiger partial charge in [0.05, 0.1) is 30.8 Å². The number of rotatable bonds is 21. The molecule has 46 heavy (non-hydrogen) atoms. The number of aliphatic hydroxyl groups is 1. The van der Waals surface area contributed by atoms with Gasteiger partial charge in [0.25, 0.3) is 0 Å². The van der Waals surface area contributed by atoms with Gasteiger partial charge in [0.1, 0.15) is 12.1 Å². The molecule has 1 aromatic heterocycles. The summed E-state index contributed by atoms with van der Waals surface area (Å²) in [5.74, 6) is -2.03. The Kier molecular flexibility index (Phi) is 18.5. The average molecular weight is 669 g/mol. The largest absolute Gasteiger partial charge is 0.391 e. The number of thiazole rings is 1. The summed E-state index contributed by atoms with van der Waals surface area (Å²) in [6, 6.07) is -2.33. The molecule has 264 valence electrons. The predicted molar refractivity (Wildman–Crippen MR) is 182 cm³/mol. The molecule has 0 bridgehead atoms. The first kappa shape index (κ1) is 41.4. The number of nitrogens with zero attached hydrogens (tertiary/aromatic N) is 2. The predicted octanol–water partition coefficient (Wildman–Crippen LogP) is 2.83. The van der Waals surface area contributed by atoms with Gasteiger partial charge < -0.3 is 31.2 Å². The van der Waals surface area contributed by atoms with Crippen LogP contribution in [0, 0.1) is 36.5 Å². The van der Waals surface area contributed by atoms with Crippen LogP contribution in [-0.4, -0.2) is 90.3 Å². The summed E-state index contributed by atoms with van der Waals surface area (Å²) in [7, 11) is 3.14. The van der Waals surface area contributed by atoms with Crippen LogP contribution in [0.2, 0.25) is 0 Å². The number of amides is 4. The molecule has 4 amide bonds. The number of carbonyl (C=O) groups is 4.